The Morgan fingerprint density at radius 3 is 2.58 bits per heavy atom. The molecular weight excluding hydrogens is 398 g/mol. The van der Waals surface area contributed by atoms with Gasteiger partial charge < -0.3 is 9.30 Å². The number of aromatic nitrogens is 5. The molecule has 0 bridgehead atoms. The van der Waals surface area contributed by atoms with Crippen molar-refractivity contribution >= 4 is 22.9 Å². The normalized spacial score (nSPS) is 12.5. The maximum Gasteiger partial charge on any atom is 0.332 e. The summed E-state index contributed by atoms with van der Waals surface area (Å²) in [4.78, 5) is 42.4. The Morgan fingerprint density at radius 1 is 1.19 bits per heavy atom. The van der Waals surface area contributed by atoms with Gasteiger partial charge in [0.15, 0.2) is 11.2 Å². The average Bonchev–Trinajstić information content (AvgIpc) is 3.27. The predicted octanol–water partition coefficient (Wildman–Crippen LogP) is 2.02. The maximum atomic E-state index is 13.2. The van der Waals surface area contributed by atoms with Crippen molar-refractivity contribution in [1.29, 1.82) is 0 Å². The lowest BCUT2D eigenvalue weighted by Gasteiger charge is -2.16. The number of hydrogen-bond donors (Lipinski definition) is 0. The van der Waals surface area contributed by atoms with Crippen molar-refractivity contribution < 1.29 is 9.53 Å². The fourth-order valence-corrected chi connectivity index (χ4v) is 4.02. The first-order valence-corrected chi connectivity index (χ1v) is 10.2. The number of imidazole rings is 2. The number of carbonyl (C=O) groups excluding carboxylic acids is 1. The molecule has 0 radical (unpaired) electrons. The number of nitrogens with zero attached hydrogens (tertiary/aromatic N) is 5. The van der Waals surface area contributed by atoms with Crippen molar-refractivity contribution in [3.8, 4) is 0 Å². The Labute approximate surface area is 178 Å². The summed E-state index contributed by atoms with van der Waals surface area (Å²) in [5.74, 6) is 0.132. The second-order valence-corrected chi connectivity index (χ2v) is 7.53. The third-order valence-corrected chi connectivity index (χ3v) is 5.58. The molecule has 31 heavy (non-hydrogen) atoms. The summed E-state index contributed by atoms with van der Waals surface area (Å²) in [6.07, 6.45) is 1.80. The number of fused-ring (bicyclic) bond motifs is 3. The first-order chi connectivity index (χ1) is 14.8. The van der Waals surface area contributed by atoms with E-state index in [0.717, 1.165) is 15.8 Å². The van der Waals surface area contributed by atoms with Crippen LogP contribution in [0.2, 0.25) is 0 Å². The summed E-state index contributed by atoms with van der Waals surface area (Å²) in [5, 5.41) is 0. The zero-order valence-electron chi connectivity index (χ0n) is 18.0. The Balaban J connectivity index is 1.90. The molecule has 162 valence electrons. The number of hydrogen-bond acceptors (Lipinski definition) is 5. The highest BCUT2D eigenvalue weighted by molar-refractivity contribution is 5.76. The maximum absolute atomic E-state index is 13.2. The van der Waals surface area contributed by atoms with Crippen LogP contribution in [0.25, 0.3) is 16.9 Å². The highest BCUT2D eigenvalue weighted by atomic mass is 16.5. The predicted molar refractivity (Wildman–Crippen MR) is 116 cm³/mol. The van der Waals surface area contributed by atoms with Gasteiger partial charge in [-0.15, -0.1) is 0 Å². The molecule has 0 amide bonds. The molecule has 0 saturated heterocycles. The van der Waals surface area contributed by atoms with Crippen molar-refractivity contribution in [3.05, 3.63) is 68.6 Å². The van der Waals surface area contributed by atoms with E-state index in [1.165, 1.54) is 4.57 Å². The summed E-state index contributed by atoms with van der Waals surface area (Å²) in [6, 6.07) is 10.00. The second kappa shape index (κ2) is 7.90. The van der Waals surface area contributed by atoms with Crippen LogP contribution in [0.5, 0.6) is 0 Å². The molecule has 0 N–H and O–H groups in total. The lowest BCUT2D eigenvalue weighted by atomic mass is 10.1. The molecule has 4 aromatic rings. The van der Waals surface area contributed by atoms with Gasteiger partial charge >= 0.3 is 11.7 Å². The van der Waals surface area contributed by atoms with Gasteiger partial charge in [-0.3, -0.25) is 23.1 Å². The van der Waals surface area contributed by atoms with Crippen molar-refractivity contribution in [2.45, 2.75) is 39.8 Å². The largest absolute Gasteiger partial charge is 0.466 e. The van der Waals surface area contributed by atoms with E-state index < -0.39 is 17.2 Å². The third-order valence-electron chi connectivity index (χ3n) is 5.58. The van der Waals surface area contributed by atoms with Crippen LogP contribution < -0.4 is 11.2 Å². The highest BCUT2D eigenvalue weighted by Gasteiger charge is 2.22. The molecule has 9 heteroatoms. The van der Waals surface area contributed by atoms with Crippen LogP contribution in [0.1, 0.15) is 37.6 Å². The number of carbonyl (C=O) groups is 1. The van der Waals surface area contributed by atoms with Crippen LogP contribution in [0, 0.1) is 6.92 Å². The topological polar surface area (TPSA) is 92.5 Å². The van der Waals surface area contributed by atoms with Gasteiger partial charge in [0.1, 0.15) is 0 Å². The molecule has 0 aliphatic heterocycles. The standard InChI is InChI=1S/C22H25N5O4/c1-5-31-17(28)11-12-25-20(29)18-19(24(4)22(25)30)23-21-26(18)13-14(2)27(21)15(3)16-9-7-6-8-10-16/h6-10,13,15H,5,11-12H2,1-4H3. The molecule has 1 unspecified atom stereocenters. The van der Waals surface area contributed by atoms with E-state index >= 15 is 0 Å². The van der Waals surface area contributed by atoms with Crippen molar-refractivity contribution in [3.63, 3.8) is 0 Å². The lowest BCUT2D eigenvalue weighted by molar-refractivity contribution is -0.143. The van der Waals surface area contributed by atoms with Crippen LogP contribution in [-0.2, 0) is 23.1 Å². The fraction of sp³-hybridized carbons (Fsp3) is 0.364. The van der Waals surface area contributed by atoms with Crippen molar-refractivity contribution in [1.82, 2.24) is 23.1 Å². The molecule has 0 fully saturated rings. The Morgan fingerprint density at radius 2 is 1.90 bits per heavy atom. The van der Waals surface area contributed by atoms with Crippen LogP contribution >= 0.6 is 0 Å². The number of esters is 1. The smallest absolute Gasteiger partial charge is 0.332 e. The van der Waals surface area contributed by atoms with E-state index in [0.29, 0.717) is 16.9 Å². The van der Waals surface area contributed by atoms with Crippen LogP contribution in [0.4, 0.5) is 0 Å². The van der Waals surface area contributed by atoms with Gasteiger partial charge in [0.05, 0.1) is 19.1 Å². The van der Waals surface area contributed by atoms with Crippen molar-refractivity contribution in [2.75, 3.05) is 6.61 Å². The van der Waals surface area contributed by atoms with Gasteiger partial charge in [-0.25, -0.2) is 4.79 Å². The molecular formula is C22H25N5O4. The van der Waals surface area contributed by atoms with E-state index in [1.807, 2.05) is 48.0 Å². The van der Waals surface area contributed by atoms with Crippen LogP contribution in [0.15, 0.2) is 46.1 Å². The van der Waals surface area contributed by atoms with Gasteiger partial charge in [0.25, 0.3) is 5.56 Å². The quantitative estimate of drug-likeness (QED) is 0.443. The summed E-state index contributed by atoms with van der Waals surface area (Å²) in [7, 11) is 1.58. The van der Waals surface area contributed by atoms with Gasteiger partial charge in [-0.05, 0) is 26.3 Å². The van der Waals surface area contributed by atoms with Gasteiger partial charge in [-0.2, -0.15) is 4.98 Å². The first-order valence-electron chi connectivity index (χ1n) is 10.2. The SMILES string of the molecule is CCOC(=O)CCn1c(=O)c2c(nc3n(C(C)c4ccccc4)c(C)cn23)n(C)c1=O. The molecule has 0 spiro atoms. The van der Waals surface area contributed by atoms with E-state index in [-0.39, 0.29) is 25.6 Å². The zero-order valence-corrected chi connectivity index (χ0v) is 18.0. The zero-order chi connectivity index (χ0) is 22.3. The number of aryl methyl sites for hydroxylation is 2. The minimum Gasteiger partial charge on any atom is -0.466 e. The third kappa shape index (κ3) is 3.35. The second-order valence-electron chi connectivity index (χ2n) is 7.53. The highest BCUT2D eigenvalue weighted by Crippen LogP contribution is 2.25. The molecule has 0 aliphatic rings. The average molecular weight is 423 g/mol. The van der Waals surface area contributed by atoms with Crippen LogP contribution in [0.3, 0.4) is 0 Å². The molecule has 9 nitrogen and oxygen atoms in total. The minimum absolute atomic E-state index is 0.0152. The number of benzene rings is 1. The molecule has 0 aliphatic carbocycles. The first kappa shape index (κ1) is 20.6. The number of ether oxygens (including phenoxy) is 1. The Bertz CT molecular complexity index is 1390. The molecule has 1 atom stereocenters. The summed E-state index contributed by atoms with van der Waals surface area (Å²) >= 11 is 0. The Kier molecular flexibility index (Phi) is 5.26. The van der Waals surface area contributed by atoms with Gasteiger partial charge in [0.2, 0.25) is 5.78 Å². The lowest BCUT2D eigenvalue weighted by Crippen LogP contribution is -2.39. The fourth-order valence-electron chi connectivity index (χ4n) is 4.02. The van der Waals surface area contributed by atoms with E-state index in [1.54, 1.807) is 18.4 Å². The van der Waals surface area contributed by atoms with Crippen LogP contribution in [-0.4, -0.2) is 35.7 Å². The van der Waals surface area contributed by atoms with E-state index in [4.69, 9.17) is 4.74 Å². The molecule has 3 heterocycles. The minimum atomic E-state index is -0.512. The molecule has 4 rings (SSSR count). The van der Waals surface area contributed by atoms with Crippen molar-refractivity contribution in [2.24, 2.45) is 7.05 Å². The Hall–Kier alpha value is -3.62. The van der Waals surface area contributed by atoms with E-state index in [9.17, 15) is 14.4 Å². The van der Waals surface area contributed by atoms with E-state index in [2.05, 4.69) is 11.9 Å². The molecule has 3 aromatic heterocycles. The monoisotopic (exact) mass is 423 g/mol. The summed E-state index contributed by atoms with van der Waals surface area (Å²) < 4.78 is 11.1. The number of rotatable bonds is 6. The molecule has 1 aromatic carbocycles. The molecule has 0 saturated carbocycles. The summed E-state index contributed by atoms with van der Waals surface area (Å²) in [5.41, 5.74) is 1.68. The van der Waals surface area contributed by atoms with Gasteiger partial charge in [-0.1, -0.05) is 30.3 Å². The summed E-state index contributed by atoms with van der Waals surface area (Å²) in [6.45, 7) is 5.94. The van der Waals surface area contributed by atoms with Gasteiger partial charge in [0, 0.05) is 25.5 Å².